The normalized spacial score (nSPS) is 13.5. The van der Waals surface area contributed by atoms with Crippen molar-refractivity contribution in [1.29, 1.82) is 0 Å². The molecule has 2 rings (SSSR count). The third-order valence-corrected chi connectivity index (χ3v) is 4.43. The molecular formula is C19H30N4O. The quantitative estimate of drug-likeness (QED) is 0.885. The van der Waals surface area contributed by atoms with Crippen LogP contribution in [-0.4, -0.2) is 45.9 Å². The molecule has 1 unspecified atom stereocenters. The zero-order valence-electron chi connectivity index (χ0n) is 15.8. The molecule has 0 radical (unpaired) electrons. The Balaban J connectivity index is 2.24. The van der Waals surface area contributed by atoms with Crippen LogP contribution in [0.25, 0.3) is 5.52 Å². The van der Waals surface area contributed by atoms with Crippen molar-refractivity contribution in [2.75, 3.05) is 19.6 Å². The van der Waals surface area contributed by atoms with E-state index in [1.807, 2.05) is 28.8 Å². The Morgan fingerprint density at radius 3 is 2.54 bits per heavy atom. The molecule has 5 nitrogen and oxygen atoms in total. The van der Waals surface area contributed by atoms with Crippen LogP contribution in [0.4, 0.5) is 0 Å². The number of likely N-dealkylation sites (N-methyl/N-ethyl adjacent to an activating group) is 1. The summed E-state index contributed by atoms with van der Waals surface area (Å²) >= 11 is 0. The van der Waals surface area contributed by atoms with E-state index in [1.54, 1.807) is 0 Å². The van der Waals surface area contributed by atoms with Crippen LogP contribution in [0.5, 0.6) is 0 Å². The molecule has 1 amide bonds. The highest BCUT2D eigenvalue weighted by atomic mass is 16.1. The Labute approximate surface area is 145 Å². The third kappa shape index (κ3) is 3.78. The fourth-order valence-corrected chi connectivity index (χ4v) is 3.03. The Bertz CT molecular complexity index is 695. The number of fused-ring (bicyclic) bond motifs is 1. The first-order valence-electron chi connectivity index (χ1n) is 8.79. The van der Waals surface area contributed by atoms with Crippen molar-refractivity contribution in [2.24, 2.45) is 0 Å². The molecule has 0 aliphatic rings. The lowest BCUT2D eigenvalue weighted by atomic mass is 9.96. The fraction of sp³-hybridized carbons (Fsp3) is 0.579. The molecule has 2 aromatic heterocycles. The molecule has 0 spiro atoms. The van der Waals surface area contributed by atoms with Crippen molar-refractivity contribution >= 4 is 11.4 Å². The van der Waals surface area contributed by atoms with Crippen molar-refractivity contribution in [3.8, 4) is 0 Å². The minimum absolute atomic E-state index is 0.104. The minimum Gasteiger partial charge on any atom is -0.349 e. The van der Waals surface area contributed by atoms with Crippen LogP contribution >= 0.6 is 0 Å². The van der Waals surface area contributed by atoms with Crippen LogP contribution in [0.2, 0.25) is 0 Å². The molecule has 0 saturated carbocycles. The molecule has 0 fully saturated rings. The van der Waals surface area contributed by atoms with Gasteiger partial charge < -0.3 is 9.72 Å². The highest BCUT2D eigenvalue weighted by Crippen LogP contribution is 2.24. The highest BCUT2D eigenvalue weighted by molar-refractivity contribution is 5.99. The summed E-state index contributed by atoms with van der Waals surface area (Å²) in [5.41, 5.74) is 1.24. The summed E-state index contributed by atoms with van der Waals surface area (Å²) in [5, 5.41) is 3.05. The summed E-state index contributed by atoms with van der Waals surface area (Å²) in [4.78, 5) is 19.7. The van der Waals surface area contributed by atoms with Gasteiger partial charge in [0.2, 0.25) is 0 Å². The summed E-state index contributed by atoms with van der Waals surface area (Å²) < 4.78 is 2.02. The smallest absolute Gasteiger partial charge is 0.272 e. The maximum atomic E-state index is 12.7. The number of pyridine rings is 1. The number of nitrogens with zero attached hydrogens (tertiary/aromatic N) is 3. The van der Waals surface area contributed by atoms with Crippen molar-refractivity contribution in [3.05, 3.63) is 35.9 Å². The molecule has 0 aliphatic heterocycles. The van der Waals surface area contributed by atoms with Crippen LogP contribution in [0.3, 0.4) is 0 Å². The zero-order valence-corrected chi connectivity index (χ0v) is 15.8. The van der Waals surface area contributed by atoms with Crippen LogP contribution in [-0.2, 0) is 5.41 Å². The molecule has 1 atom stereocenters. The summed E-state index contributed by atoms with van der Waals surface area (Å²) in [6, 6.07) is 6.16. The average molecular weight is 330 g/mol. The Morgan fingerprint density at radius 2 is 1.96 bits per heavy atom. The van der Waals surface area contributed by atoms with Gasteiger partial charge >= 0.3 is 0 Å². The van der Waals surface area contributed by atoms with E-state index in [4.69, 9.17) is 0 Å². The lowest BCUT2D eigenvalue weighted by Crippen LogP contribution is -2.42. The molecule has 0 bridgehead atoms. The van der Waals surface area contributed by atoms with E-state index in [9.17, 15) is 4.79 Å². The van der Waals surface area contributed by atoms with E-state index in [0.717, 1.165) is 24.4 Å². The monoisotopic (exact) mass is 330 g/mol. The maximum absolute atomic E-state index is 12.7. The molecule has 24 heavy (non-hydrogen) atoms. The van der Waals surface area contributed by atoms with Crippen molar-refractivity contribution in [2.45, 2.75) is 53.0 Å². The largest absolute Gasteiger partial charge is 0.349 e. The standard InChI is InChI=1S/C19H30N4O/c1-7-22(8-2)14(3)13-20-17(24)16-15-11-9-10-12-23(15)18(21-16)19(4,5)6/h9-12,14H,7-8,13H2,1-6H3,(H,20,24). The van der Waals surface area contributed by atoms with Crippen LogP contribution < -0.4 is 5.32 Å². The third-order valence-electron chi connectivity index (χ3n) is 4.43. The second kappa shape index (κ2) is 7.34. The first-order chi connectivity index (χ1) is 11.3. The van der Waals surface area contributed by atoms with E-state index >= 15 is 0 Å². The number of amides is 1. The molecular weight excluding hydrogens is 300 g/mol. The van der Waals surface area contributed by atoms with Gasteiger partial charge in [0, 0.05) is 24.2 Å². The van der Waals surface area contributed by atoms with E-state index in [1.165, 1.54) is 0 Å². The van der Waals surface area contributed by atoms with Crippen molar-refractivity contribution in [3.63, 3.8) is 0 Å². The number of hydrogen-bond donors (Lipinski definition) is 1. The van der Waals surface area contributed by atoms with E-state index in [2.05, 4.69) is 56.7 Å². The number of imidazole rings is 1. The number of aromatic nitrogens is 2. The van der Waals surface area contributed by atoms with Crippen molar-refractivity contribution < 1.29 is 4.79 Å². The molecule has 0 aliphatic carbocycles. The Kier molecular flexibility index (Phi) is 5.65. The molecule has 0 saturated heterocycles. The van der Waals surface area contributed by atoms with Gasteiger partial charge in [0.1, 0.15) is 5.82 Å². The van der Waals surface area contributed by atoms with Gasteiger partial charge in [0.25, 0.3) is 5.91 Å². The van der Waals surface area contributed by atoms with Gasteiger partial charge in [0.05, 0.1) is 5.52 Å². The number of hydrogen-bond acceptors (Lipinski definition) is 3. The topological polar surface area (TPSA) is 49.6 Å². The maximum Gasteiger partial charge on any atom is 0.272 e. The Morgan fingerprint density at radius 1 is 1.29 bits per heavy atom. The van der Waals surface area contributed by atoms with Gasteiger partial charge in [0.15, 0.2) is 5.69 Å². The Hall–Kier alpha value is -1.88. The van der Waals surface area contributed by atoms with Gasteiger partial charge in [-0.1, -0.05) is 40.7 Å². The molecule has 5 heteroatoms. The number of nitrogens with one attached hydrogen (secondary N) is 1. The summed E-state index contributed by atoms with van der Waals surface area (Å²) in [5.74, 6) is 0.799. The summed E-state index contributed by atoms with van der Waals surface area (Å²) in [6.45, 7) is 15.3. The first-order valence-corrected chi connectivity index (χ1v) is 8.79. The van der Waals surface area contributed by atoms with E-state index in [-0.39, 0.29) is 11.3 Å². The number of carbonyl (C=O) groups excluding carboxylic acids is 1. The summed E-state index contributed by atoms with van der Waals surface area (Å²) in [7, 11) is 0. The predicted molar refractivity (Wildman–Crippen MR) is 98.6 cm³/mol. The van der Waals surface area contributed by atoms with Gasteiger partial charge in [-0.05, 0) is 32.1 Å². The second-order valence-corrected chi connectivity index (χ2v) is 7.27. The first kappa shape index (κ1) is 18.5. The van der Waals surface area contributed by atoms with Crippen molar-refractivity contribution in [1.82, 2.24) is 19.6 Å². The van der Waals surface area contributed by atoms with Gasteiger partial charge in [-0.3, -0.25) is 9.69 Å². The molecule has 1 N–H and O–H groups in total. The average Bonchev–Trinajstić information content (AvgIpc) is 2.93. The fourth-order valence-electron chi connectivity index (χ4n) is 3.03. The van der Waals surface area contributed by atoms with Gasteiger partial charge in [-0.2, -0.15) is 0 Å². The SMILES string of the molecule is CCN(CC)C(C)CNC(=O)c1nc(C(C)(C)C)n2ccccc12. The predicted octanol–water partition coefficient (Wildman–Crippen LogP) is 3.09. The number of carbonyl (C=O) groups is 1. The molecule has 2 aromatic rings. The molecule has 132 valence electrons. The highest BCUT2D eigenvalue weighted by Gasteiger charge is 2.25. The second-order valence-electron chi connectivity index (χ2n) is 7.27. The van der Waals surface area contributed by atoms with E-state index < -0.39 is 0 Å². The van der Waals surface area contributed by atoms with Gasteiger partial charge in [-0.15, -0.1) is 0 Å². The summed E-state index contributed by atoms with van der Waals surface area (Å²) in [6.07, 6.45) is 1.97. The van der Waals surface area contributed by atoms with Crippen LogP contribution in [0.1, 0.15) is 57.9 Å². The van der Waals surface area contributed by atoms with Crippen LogP contribution in [0, 0.1) is 0 Å². The number of rotatable bonds is 6. The lowest BCUT2D eigenvalue weighted by Gasteiger charge is -2.26. The van der Waals surface area contributed by atoms with Crippen LogP contribution in [0.15, 0.2) is 24.4 Å². The van der Waals surface area contributed by atoms with E-state index in [0.29, 0.717) is 18.3 Å². The molecule has 0 aromatic carbocycles. The zero-order chi connectivity index (χ0) is 17.9. The lowest BCUT2D eigenvalue weighted by molar-refractivity contribution is 0.0935. The molecule has 2 heterocycles. The minimum atomic E-state index is -0.128. The van der Waals surface area contributed by atoms with Gasteiger partial charge in [-0.25, -0.2) is 4.98 Å².